The predicted octanol–water partition coefficient (Wildman–Crippen LogP) is 3.64. The van der Waals surface area contributed by atoms with Gasteiger partial charge in [0.05, 0.1) is 33.8 Å². The van der Waals surface area contributed by atoms with E-state index in [2.05, 4.69) is 9.71 Å². The topological polar surface area (TPSA) is 46.9 Å². The van der Waals surface area contributed by atoms with Crippen molar-refractivity contribution in [2.24, 2.45) is 0 Å². The minimum Gasteiger partial charge on any atom is -0.306 e. The SMILES string of the molecule is CC(N[S@@](=O)C(C)(C)C)c1cn(-c2ccc(Cl)cc2)cn1. The first-order valence-corrected chi connectivity index (χ1v) is 8.28. The van der Waals surface area contributed by atoms with E-state index in [0.29, 0.717) is 5.02 Å². The zero-order chi connectivity index (χ0) is 15.6. The highest BCUT2D eigenvalue weighted by Gasteiger charge is 2.22. The van der Waals surface area contributed by atoms with Crippen molar-refractivity contribution in [3.05, 3.63) is 47.5 Å². The average molecular weight is 326 g/mol. The molecular weight excluding hydrogens is 306 g/mol. The number of nitrogens with one attached hydrogen (secondary N) is 1. The standard InChI is InChI=1S/C15H20ClN3OS/c1-11(18-21(20)15(2,3)4)14-9-19(10-17-14)13-7-5-12(16)6-8-13/h5-11,18H,1-4H3/t11?,21-/m0/s1. The minimum atomic E-state index is -1.12. The summed E-state index contributed by atoms with van der Waals surface area (Å²) in [6.07, 6.45) is 3.68. The van der Waals surface area contributed by atoms with Gasteiger partial charge in [-0.15, -0.1) is 0 Å². The highest BCUT2D eigenvalue weighted by Crippen LogP contribution is 2.18. The van der Waals surface area contributed by atoms with E-state index in [1.54, 1.807) is 6.33 Å². The van der Waals surface area contributed by atoms with Gasteiger partial charge >= 0.3 is 0 Å². The normalized spacial score (nSPS) is 14.9. The molecule has 1 unspecified atom stereocenters. The third-order valence-electron chi connectivity index (χ3n) is 3.01. The van der Waals surface area contributed by atoms with Gasteiger partial charge in [0.25, 0.3) is 0 Å². The number of rotatable bonds is 4. The molecule has 0 saturated heterocycles. The Morgan fingerprint density at radius 2 is 1.90 bits per heavy atom. The Bertz CT molecular complexity index is 631. The number of hydrogen-bond acceptors (Lipinski definition) is 2. The molecule has 0 aliphatic rings. The van der Waals surface area contributed by atoms with Crippen molar-refractivity contribution in [2.45, 2.75) is 38.5 Å². The second kappa shape index (κ2) is 6.30. The number of hydrogen-bond donors (Lipinski definition) is 1. The zero-order valence-electron chi connectivity index (χ0n) is 12.6. The fraction of sp³-hybridized carbons (Fsp3) is 0.400. The van der Waals surface area contributed by atoms with E-state index in [1.807, 2.05) is 62.7 Å². The number of aromatic nitrogens is 2. The summed E-state index contributed by atoms with van der Waals surface area (Å²) < 4.78 is 16.8. The zero-order valence-corrected chi connectivity index (χ0v) is 14.2. The summed E-state index contributed by atoms with van der Waals surface area (Å²) in [7, 11) is -1.12. The Kier molecular flexibility index (Phi) is 4.86. The highest BCUT2D eigenvalue weighted by atomic mass is 35.5. The van der Waals surface area contributed by atoms with Gasteiger partial charge < -0.3 is 4.57 Å². The van der Waals surface area contributed by atoms with Crippen LogP contribution in [-0.4, -0.2) is 18.5 Å². The lowest BCUT2D eigenvalue weighted by Gasteiger charge is -2.21. The van der Waals surface area contributed by atoms with Crippen molar-refractivity contribution in [3.8, 4) is 5.69 Å². The molecule has 0 aliphatic carbocycles. The lowest BCUT2D eigenvalue weighted by atomic mass is 10.3. The van der Waals surface area contributed by atoms with Gasteiger partial charge in [-0.25, -0.2) is 13.9 Å². The summed E-state index contributed by atoms with van der Waals surface area (Å²) in [5, 5.41) is 0.703. The van der Waals surface area contributed by atoms with Crippen LogP contribution in [0.5, 0.6) is 0 Å². The molecule has 6 heteroatoms. The van der Waals surface area contributed by atoms with E-state index in [4.69, 9.17) is 11.6 Å². The molecule has 0 saturated carbocycles. The molecule has 2 atom stereocenters. The fourth-order valence-corrected chi connectivity index (χ4v) is 2.64. The summed E-state index contributed by atoms with van der Waals surface area (Å²) >= 11 is 5.89. The van der Waals surface area contributed by atoms with Gasteiger partial charge in [-0.05, 0) is 52.0 Å². The minimum absolute atomic E-state index is 0.0846. The summed E-state index contributed by atoms with van der Waals surface area (Å²) in [4.78, 5) is 4.38. The lowest BCUT2D eigenvalue weighted by molar-refractivity contribution is 0.612. The van der Waals surface area contributed by atoms with E-state index in [-0.39, 0.29) is 10.8 Å². The molecule has 0 amide bonds. The van der Waals surface area contributed by atoms with Crippen LogP contribution in [0.2, 0.25) is 5.02 Å². The maximum absolute atomic E-state index is 12.1. The maximum Gasteiger partial charge on any atom is 0.0995 e. The van der Waals surface area contributed by atoms with Crippen LogP contribution in [0.25, 0.3) is 5.69 Å². The summed E-state index contributed by atoms with van der Waals surface area (Å²) in [5.41, 5.74) is 1.84. The van der Waals surface area contributed by atoms with E-state index in [0.717, 1.165) is 11.4 Å². The van der Waals surface area contributed by atoms with E-state index in [9.17, 15) is 4.21 Å². The van der Waals surface area contributed by atoms with Crippen LogP contribution in [0.3, 0.4) is 0 Å². The molecular formula is C15H20ClN3OS. The summed E-state index contributed by atoms with van der Waals surface area (Å²) in [5.74, 6) is 0. The quantitative estimate of drug-likeness (QED) is 0.933. The average Bonchev–Trinajstić information content (AvgIpc) is 2.88. The van der Waals surface area contributed by atoms with Crippen LogP contribution in [0.4, 0.5) is 0 Å². The number of nitrogens with zero attached hydrogens (tertiary/aromatic N) is 2. The number of imidazole rings is 1. The number of benzene rings is 1. The van der Waals surface area contributed by atoms with Crippen LogP contribution >= 0.6 is 11.6 Å². The molecule has 114 valence electrons. The van der Waals surface area contributed by atoms with Crippen LogP contribution in [0, 0.1) is 0 Å². The summed E-state index contributed by atoms with van der Waals surface area (Å²) in [6.45, 7) is 7.78. The Labute approximate surface area is 133 Å². The first-order valence-electron chi connectivity index (χ1n) is 6.75. The molecule has 0 radical (unpaired) electrons. The fourth-order valence-electron chi connectivity index (χ4n) is 1.71. The molecule has 2 aromatic rings. The smallest absolute Gasteiger partial charge is 0.0995 e. The van der Waals surface area contributed by atoms with Gasteiger partial charge in [-0.3, -0.25) is 0 Å². The van der Waals surface area contributed by atoms with Gasteiger partial charge in [-0.1, -0.05) is 11.6 Å². The largest absolute Gasteiger partial charge is 0.306 e. The van der Waals surface area contributed by atoms with Crippen molar-refractivity contribution < 1.29 is 4.21 Å². The third-order valence-corrected chi connectivity index (χ3v) is 4.94. The molecule has 1 N–H and O–H groups in total. The van der Waals surface area contributed by atoms with Gasteiger partial charge in [-0.2, -0.15) is 0 Å². The van der Waals surface area contributed by atoms with Crippen LogP contribution < -0.4 is 4.72 Å². The molecule has 0 fully saturated rings. The van der Waals surface area contributed by atoms with E-state index >= 15 is 0 Å². The van der Waals surface area contributed by atoms with Crippen molar-refractivity contribution in [2.75, 3.05) is 0 Å². The Morgan fingerprint density at radius 3 is 2.48 bits per heavy atom. The molecule has 2 rings (SSSR count). The molecule has 0 aliphatic heterocycles. The van der Waals surface area contributed by atoms with Crippen molar-refractivity contribution in [3.63, 3.8) is 0 Å². The Morgan fingerprint density at radius 1 is 1.29 bits per heavy atom. The number of halogens is 1. The Hall–Kier alpha value is -1.17. The first kappa shape index (κ1) is 16.2. The van der Waals surface area contributed by atoms with Crippen molar-refractivity contribution in [1.29, 1.82) is 0 Å². The van der Waals surface area contributed by atoms with E-state index < -0.39 is 11.0 Å². The van der Waals surface area contributed by atoms with E-state index in [1.165, 1.54) is 0 Å². The predicted molar refractivity (Wildman–Crippen MR) is 88.0 cm³/mol. The van der Waals surface area contributed by atoms with Gasteiger partial charge in [0.2, 0.25) is 0 Å². The maximum atomic E-state index is 12.1. The molecule has 0 bridgehead atoms. The molecule has 1 aromatic carbocycles. The van der Waals surface area contributed by atoms with Crippen molar-refractivity contribution >= 4 is 22.6 Å². The van der Waals surface area contributed by atoms with Gasteiger partial charge in [0, 0.05) is 16.9 Å². The second-order valence-corrected chi connectivity index (χ2v) is 8.34. The molecule has 1 aromatic heterocycles. The van der Waals surface area contributed by atoms with Gasteiger partial charge in [0.15, 0.2) is 0 Å². The van der Waals surface area contributed by atoms with Gasteiger partial charge in [0.1, 0.15) is 0 Å². The Balaban J connectivity index is 2.12. The molecule has 1 heterocycles. The molecule has 4 nitrogen and oxygen atoms in total. The second-order valence-electron chi connectivity index (χ2n) is 5.90. The highest BCUT2D eigenvalue weighted by molar-refractivity contribution is 7.84. The first-order chi connectivity index (χ1) is 9.77. The van der Waals surface area contributed by atoms with Crippen LogP contribution in [0.15, 0.2) is 36.8 Å². The molecule has 0 spiro atoms. The van der Waals surface area contributed by atoms with Crippen LogP contribution in [0.1, 0.15) is 39.4 Å². The summed E-state index contributed by atoms with van der Waals surface area (Å²) in [6, 6.07) is 7.46. The molecule has 21 heavy (non-hydrogen) atoms. The third kappa shape index (κ3) is 4.15. The van der Waals surface area contributed by atoms with Crippen molar-refractivity contribution in [1.82, 2.24) is 14.3 Å². The monoisotopic (exact) mass is 325 g/mol. The van der Waals surface area contributed by atoms with Crippen LogP contribution in [-0.2, 0) is 11.0 Å². The lowest BCUT2D eigenvalue weighted by Crippen LogP contribution is -2.34.